The predicted molar refractivity (Wildman–Crippen MR) is 154 cm³/mol. The molecule has 6 rings (SSSR count). The van der Waals surface area contributed by atoms with Crippen molar-refractivity contribution in [2.45, 2.75) is 18.4 Å². The van der Waals surface area contributed by atoms with Crippen LogP contribution in [0.5, 0.6) is 5.88 Å². The molecule has 0 aliphatic heterocycles. The fourth-order valence-corrected chi connectivity index (χ4v) is 5.96. The maximum Gasteiger partial charge on any atom is 0.411 e. The van der Waals surface area contributed by atoms with Crippen LogP contribution in [-0.2, 0) is 16.6 Å². The van der Waals surface area contributed by atoms with Crippen LogP contribution >= 0.6 is 0 Å². The molecule has 0 spiro atoms. The smallest absolute Gasteiger partial charge is 0.388 e. The van der Waals surface area contributed by atoms with E-state index < -0.39 is 27.8 Å². The number of fused-ring (bicyclic) bond motifs is 1. The summed E-state index contributed by atoms with van der Waals surface area (Å²) in [4.78, 5) is 19.4. The Labute approximate surface area is 244 Å². The first kappa shape index (κ1) is 27.7. The van der Waals surface area contributed by atoms with E-state index in [1.165, 1.54) is 42.9 Å². The van der Waals surface area contributed by atoms with Gasteiger partial charge in [-0.2, -0.15) is 5.10 Å². The van der Waals surface area contributed by atoms with E-state index >= 15 is 0 Å². The molecule has 10 nitrogen and oxygen atoms in total. The molecule has 4 aromatic heterocycles. The van der Waals surface area contributed by atoms with Gasteiger partial charge in [0.2, 0.25) is 0 Å². The number of amides is 1. The van der Waals surface area contributed by atoms with Crippen LogP contribution in [0.4, 0.5) is 13.6 Å². The lowest BCUT2D eigenvalue weighted by molar-refractivity contribution is 0.206. The van der Waals surface area contributed by atoms with Gasteiger partial charge in [0.25, 0.3) is 15.9 Å². The fourth-order valence-electron chi connectivity index (χ4n) is 4.64. The zero-order valence-electron chi connectivity index (χ0n) is 22.5. The van der Waals surface area contributed by atoms with Crippen LogP contribution in [-0.4, -0.2) is 38.2 Å². The highest BCUT2D eigenvalue weighted by Crippen LogP contribution is 2.35. The average molecular weight is 601 g/mol. The molecule has 0 aliphatic rings. The average Bonchev–Trinajstić information content (AvgIpc) is 3.59. The summed E-state index contributed by atoms with van der Waals surface area (Å²) in [5.74, 6) is -1.87. The number of hydrogen-bond donors (Lipinski definition) is 1. The number of nitrogens with two attached hydrogens (primary N) is 1. The van der Waals surface area contributed by atoms with Gasteiger partial charge in [0.15, 0.2) is 11.5 Å². The Hall–Kier alpha value is -5.43. The maximum atomic E-state index is 14.6. The third kappa shape index (κ3) is 5.45. The fraction of sp³-hybridized carbons (Fsp3) is 0.0667. The number of carbonyl (C=O) groups excluding carboxylic acids is 1. The molecule has 0 aliphatic carbocycles. The van der Waals surface area contributed by atoms with E-state index in [2.05, 4.69) is 19.8 Å². The Morgan fingerprint density at radius 1 is 0.930 bits per heavy atom. The summed E-state index contributed by atoms with van der Waals surface area (Å²) in [6.07, 6.45) is 6.21. The number of hydrogen-bond acceptors (Lipinski definition) is 7. The summed E-state index contributed by atoms with van der Waals surface area (Å²) in [5.41, 5.74) is 8.48. The minimum atomic E-state index is -4.06. The van der Waals surface area contributed by atoms with Crippen molar-refractivity contribution in [1.29, 1.82) is 0 Å². The standard InChI is InChI=1S/C30H22F2N6O4S/c1-18-5-7-24(8-6-18)43(40,41)38-17-26(22-14-36-37(16-22)15-19-3-2-4-23(31)9-19)25-10-20(12-34-28(25)38)21-11-27(32)29(35-13-21)42-30(33)39/h2-14,16-17H,15H2,1H3,(H2,33,39). The predicted octanol–water partition coefficient (Wildman–Crippen LogP) is 5.29. The van der Waals surface area contributed by atoms with Gasteiger partial charge in [-0.3, -0.25) is 4.68 Å². The molecule has 0 fully saturated rings. The molecule has 0 atom stereocenters. The van der Waals surface area contributed by atoms with Crippen molar-refractivity contribution in [3.05, 3.63) is 114 Å². The second-order valence-corrected chi connectivity index (χ2v) is 11.6. The van der Waals surface area contributed by atoms with Crippen LogP contribution in [0.15, 0.2) is 96.5 Å². The Balaban J connectivity index is 1.48. The molecule has 0 saturated heterocycles. The van der Waals surface area contributed by atoms with Gasteiger partial charge in [0, 0.05) is 52.4 Å². The maximum absolute atomic E-state index is 14.6. The topological polar surface area (TPSA) is 135 Å². The van der Waals surface area contributed by atoms with Crippen LogP contribution in [0.25, 0.3) is 33.3 Å². The van der Waals surface area contributed by atoms with Crippen molar-refractivity contribution in [3.63, 3.8) is 0 Å². The molecular weight excluding hydrogens is 578 g/mol. The number of aromatic nitrogens is 5. The van der Waals surface area contributed by atoms with Gasteiger partial charge >= 0.3 is 6.09 Å². The summed E-state index contributed by atoms with van der Waals surface area (Å²) >= 11 is 0. The minimum absolute atomic E-state index is 0.0746. The van der Waals surface area contributed by atoms with Gasteiger partial charge in [-0.1, -0.05) is 29.8 Å². The molecule has 216 valence electrons. The minimum Gasteiger partial charge on any atom is -0.388 e. The summed E-state index contributed by atoms with van der Waals surface area (Å²) in [7, 11) is -4.06. The first-order chi connectivity index (χ1) is 20.6. The number of nitrogens with zero attached hydrogens (tertiary/aromatic N) is 5. The normalized spacial score (nSPS) is 11.6. The summed E-state index contributed by atoms with van der Waals surface area (Å²) in [6, 6.07) is 15.3. The van der Waals surface area contributed by atoms with Crippen molar-refractivity contribution < 1.29 is 26.7 Å². The Morgan fingerprint density at radius 2 is 1.67 bits per heavy atom. The molecule has 0 saturated carbocycles. The Bertz CT molecular complexity index is 2120. The lowest BCUT2D eigenvalue weighted by atomic mass is 10.1. The lowest BCUT2D eigenvalue weighted by Gasteiger charge is -2.08. The van der Waals surface area contributed by atoms with Gasteiger partial charge < -0.3 is 10.5 Å². The number of rotatable bonds is 7. The second kappa shape index (κ2) is 10.8. The van der Waals surface area contributed by atoms with E-state index in [4.69, 9.17) is 5.73 Å². The molecule has 2 N–H and O–H groups in total. The van der Waals surface area contributed by atoms with Gasteiger partial charge in [-0.05, 0) is 48.9 Å². The Morgan fingerprint density at radius 3 is 2.40 bits per heavy atom. The van der Waals surface area contributed by atoms with Crippen molar-refractivity contribution in [1.82, 2.24) is 23.7 Å². The van der Waals surface area contributed by atoms with Crippen LogP contribution in [0, 0.1) is 18.6 Å². The lowest BCUT2D eigenvalue weighted by Crippen LogP contribution is -2.17. The number of carbonyl (C=O) groups is 1. The number of primary amides is 1. The molecule has 6 aromatic rings. The molecule has 43 heavy (non-hydrogen) atoms. The molecule has 1 amide bonds. The van der Waals surface area contributed by atoms with Crippen molar-refractivity contribution in [3.8, 4) is 28.1 Å². The van der Waals surface area contributed by atoms with Gasteiger partial charge in [-0.15, -0.1) is 0 Å². The molecule has 0 radical (unpaired) electrons. The monoisotopic (exact) mass is 600 g/mol. The number of halogens is 2. The van der Waals surface area contributed by atoms with Gasteiger partial charge in [-0.25, -0.2) is 35.9 Å². The van der Waals surface area contributed by atoms with Gasteiger partial charge in [0.05, 0.1) is 17.6 Å². The van der Waals surface area contributed by atoms with Crippen LogP contribution < -0.4 is 10.5 Å². The highest BCUT2D eigenvalue weighted by molar-refractivity contribution is 7.90. The van der Waals surface area contributed by atoms with Crippen molar-refractivity contribution >= 4 is 27.1 Å². The van der Waals surface area contributed by atoms with Crippen LogP contribution in [0.3, 0.4) is 0 Å². The zero-order valence-corrected chi connectivity index (χ0v) is 23.3. The SMILES string of the molecule is Cc1ccc(S(=O)(=O)n2cc(-c3cnn(Cc4cccc(F)c4)c3)c3cc(-c4cnc(OC(N)=O)c(F)c4)cnc32)cc1. The number of aryl methyl sites for hydroxylation is 1. The van der Waals surface area contributed by atoms with Crippen LogP contribution in [0.2, 0.25) is 0 Å². The third-order valence-corrected chi connectivity index (χ3v) is 8.37. The molecule has 4 heterocycles. The third-order valence-electron chi connectivity index (χ3n) is 6.71. The zero-order chi connectivity index (χ0) is 30.3. The summed E-state index contributed by atoms with van der Waals surface area (Å²) in [6.45, 7) is 2.14. The number of benzene rings is 2. The van der Waals surface area contributed by atoms with E-state index in [9.17, 15) is 22.0 Å². The number of pyridine rings is 2. The van der Waals surface area contributed by atoms with E-state index in [1.807, 2.05) is 6.92 Å². The van der Waals surface area contributed by atoms with Crippen LogP contribution in [0.1, 0.15) is 11.1 Å². The molecule has 2 aromatic carbocycles. The van der Waals surface area contributed by atoms with E-state index in [1.54, 1.807) is 47.4 Å². The van der Waals surface area contributed by atoms with E-state index in [0.717, 1.165) is 15.6 Å². The first-order valence-electron chi connectivity index (χ1n) is 12.8. The highest BCUT2D eigenvalue weighted by atomic mass is 32.2. The summed E-state index contributed by atoms with van der Waals surface area (Å²) < 4.78 is 63.1. The second-order valence-electron chi connectivity index (χ2n) is 9.74. The van der Waals surface area contributed by atoms with Gasteiger partial charge in [0.1, 0.15) is 5.82 Å². The first-order valence-corrected chi connectivity index (χ1v) is 14.3. The largest absolute Gasteiger partial charge is 0.411 e. The van der Waals surface area contributed by atoms with Crippen molar-refractivity contribution in [2.75, 3.05) is 0 Å². The molecule has 13 heteroatoms. The molecule has 0 bridgehead atoms. The Kier molecular flexibility index (Phi) is 6.94. The quantitative estimate of drug-likeness (QED) is 0.263. The van der Waals surface area contributed by atoms with E-state index in [0.29, 0.717) is 33.2 Å². The van der Waals surface area contributed by atoms with Crippen molar-refractivity contribution in [2.24, 2.45) is 5.73 Å². The molecular formula is C30H22F2N6O4S. The molecule has 0 unspecified atom stereocenters. The number of ether oxygens (including phenoxy) is 1. The highest BCUT2D eigenvalue weighted by Gasteiger charge is 2.24. The summed E-state index contributed by atoms with van der Waals surface area (Å²) in [5, 5.41) is 4.83. The van der Waals surface area contributed by atoms with E-state index in [-0.39, 0.29) is 22.9 Å².